The van der Waals surface area contributed by atoms with Crippen molar-refractivity contribution in [1.29, 1.82) is 0 Å². The van der Waals surface area contributed by atoms with Crippen LogP contribution in [0.15, 0.2) is 46.4 Å². The summed E-state index contributed by atoms with van der Waals surface area (Å²) in [6.45, 7) is 12.6. The van der Waals surface area contributed by atoms with Crippen LogP contribution in [0, 0.1) is 41.5 Å². The zero-order valence-corrected chi connectivity index (χ0v) is 22.4. The molecule has 0 atom stereocenters. The molecule has 1 aromatic heterocycles. The summed E-state index contributed by atoms with van der Waals surface area (Å²) in [6, 6.07) is 12.7. The summed E-state index contributed by atoms with van der Waals surface area (Å²) < 4.78 is 0. The van der Waals surface area contributed by atoms with Gasteiger partial charge in [0.2, 0.25) is 0 Å². The fourth-order valence-electron chi connectivity index (χ4n) is 3.60. The summed E-state index contributed by atoms with van der Waals surface area (Å²) >= 11 is 7.00. The van der Waals surface area contributed by atoms with E-state index in [0.717, 1.165) is 34.1 Å². The Bertz CT molecular complexity index is 940. The summed E-state index contributed by atoms with van der Waals surface area (Å²) in [7, 11) is 0. The average molecular weight is 573 g/mol. The van der Waals surface area contributed by atoms with E-state index in [1.165, 1.54) is 33.4 Å². The second kappa shape index (κ2) is 11.8. The van der Waals surface area contributed by atoms with E-state index in [4.69, 9.17) is 0 Å². The van der Waals surface area contributed by atoms with Gasteiger partial charge in [0.25, 0.3) is 0 Å². The predicted octanol–water partition coefficient (Wildman–Crippen LogP) is 8.06. The number of benzene rings is 2. The van der Waals surface area contributed by atoms with Crippen LogP contribution in [0.4, 0.5) is 11.4 Å². The summed E-state index contributed by atoms with van der Waals surface area (Å²) in [6.07, 6.45) is 3.76. The first-order valence-electron chi connectivity index (χ1n) is 9.53. The molecule has 1 heterocycles. The Hall–Kier alpha value is -1.46. The van der Waals surface area contributed by atoms with Gasteiger partial charge in [-0.25, -0.2) is 0 Å². The van der Waals surface area contributed by atoms with Crippen molar-refractivity contribution in [1.82, 2.24) is 4.98 Å². The third kappa shape index (κ3) is 7.05. The van der Waals surface area contributed by atoms with Crippen molar-refractivity contribution in [2.75, 3.05) is 0 Å². The molecule has 0 spiro atoms. The summed E-state index contributed by atoms with van der Waals surface area (Å²) in [5, 5.41) is 0. The predicted molar refractivity (Wildman–Crippen MR) is 134 cm³/mol. The first-order valence-corrected chi connectivity index (χ1v) is 15.0. The molecular weight excluding hydrogens is 546 g/mol. The van der Waals surface area contributed by atoms with E-state index in [1.54, 1.807) is 0 Å². The van der Waals surface area contributed by atoms with Gasteiger partial charge < -0.3 is 4.98 Å². The normalized spacial score (nSPS) is 11.3. The minimum absolute atomic E-state index is 0.875. The topological polar surface area (TPSA) is 40.5 Å². The molecule has 0 unspecified atom stereocenters. The van der Waals surface area contributed by atoms with Crippen LogP contribution < -0.4 is 0 Å². The van der Waals surface area contributed by atoms with Gasteiger partial charge in [-0.05, 0) is 75.9 Å². The second-order valence-corrected chi connectivity index (χ2v) is 13.0. The van der Waals surface area contributed by atoms with Crippen molar-refractivity contribution in [2.45, 2.75) is 41.5 Å². The van der Waals surface area contributed by atoms with Gasteiger partial charge >= 0.3 is 39.6 Å². The number of aromatic amines is 1. The van der Waals surface area contributed by atoms with E-state index < -0.39 is 0 Å². The molecule has 0 aliphatic rings. The molecule has 3 rings (SSSR count). The van der Waals surface area contributed by atoms with Crippen LogP contribution in [0.25, 0.3) is 0 Å². The van der Waals surface area contributed by atoms with Crippen LogP contribution in [-0.4, -0.2) is 17.4 Å². The van der Waals surface area contributed by atoms with Gasteiger partial charge in [0.05, 0.1) is 35.2 Å². The number of halogens is 2. The number of H-pyrrole nitrogens is 1. The Labute approximate surface area is 200 Å². The fourth-order valence-corrected chi connectivity index (χ4v) is 3.60. The van der Waals surface area contributed by atoms with E-state index in [1.807, 2.05) is 24.6 Å². The Morgan fingerprint density at radius 3 is 1.27 bits per heavy atom. The zero-order valence-electron chi connectivity index (χ0n) is 18.1. The molecule has 2 aromatic carbocycles. The Balaban J connectivity index is 0.00000101. The first-order chi connectivity index (χ1) is 14.2. The van der Waals surface area contributed by atoms with Crippen LogP contribution in [0.5, 0.6) is 0 Å². The molecule has 0 amide bonds. The summed E-state index contributed by atoms with van der Waals surface area (Å²) in [4.78, 5) is 12.7. The Morgan fingerprint density at radius 2 is 0.967 bits per heavy atom. The summed E-state index contributed by atoms with van der Waals surface area (Å²) in [5.41, 5.74) is 11.3. The Kier molecular flexibility index (Phi) is 9.76. The summed E-state index contributed by atoms with van der Waals surface area (Å²) in [5.74, 6) is 0. The van der Waals surface area contributed by atoms with Crippen LogP contribution in [-0.2, 0) is 11.3 Å². The van der Waals surface area contributed by atoms with Crippen molar-refractivity contribution in [3.63, 3.8) is 0 Å². The molecule has 1 N–H and O–H groups in total. The van der Waals surface area contributed by atoms with Gasteiger partial charge in [-0.2, -0.15) is 0 Å². The minimum atomic E-state index is 0.875. The van der Waals surface area contributed by atoms with Gasteiger partial charge in [0.1, 0.15) is 0 Å². The first kappa shape index (κ1) is 24.8. The molecule has 0 aliphatic carbocycles. The number of rotatable bonds is 4. The maximum absolute atomic E-state index is 4.69. The van der Waals surface area contributed by atoms with E-state index in [0.29, 0.717) is 0 Å². The molecule has 30 heavy (non-hydrogen) atoms. The van der Waals surface area contributed by atoms with Crippen LogP contribution in [0.3, 0.4) is 0 Å². The second-order valence-electron chi connectivity index (χ2n) is 7.43. The third-order valence-electron chi connectivity index (χ3n) is 4.67. The van der Waals surface area contributed by atoms with E-state index in [9.17, 15) is 0 Å². The molecule has 0 aliphatic heterocycles. The number of aryl methyl sites for hydroxylation is 6. The molecule has 0 radical (unpaired) electrons. The Morgan fingerprint density at radius 1 is 0.667 bits per heavy atom. The van der Waals surface area contributed by atoms with E-state index in [-0.39, 0.29) is 0 Å². The van der Waals surface area contributed by atoms with E-state index >= 15 is 0 Å². The van der Waals surface area contributed by atoms with Gasteiger partial charge in [0, 0.05) is 0 Å². The average Bonchev–Trinajstić information content (AvgIpc) is 3.08. The van der Waals surface area contributed by atoms with Gasteiger partial charge in [-0.1, -0.05) is 35.4 Å². The third-order valence-corrected chi connectivity index (χ3v) is 4.67. The molecule has 160 valence electrons. The van der Waals surface area contributed by atoms with Crippen LogP contribution in [0.1, 0.15) is 44.8 Å². The fraction of sp³-hybridized carbons (Fsp3) is 0.250. The number of hydrogen-bond acceptors (Lipinski definition) is 2. The SMILES string of the molecule is Cc1cc(C)c(N=Cc2ccc(C=Nc3c(C)cc(C)cc3C)[nH]2)c(C)c1.[Br][Fe][Br]. The van der Waals surface area contributed by atoms with Crippen molar-refractivity contribution in [2.24, 2.45) is 9.98 Å². The van der Waals surface area contributed by atoms with Crippen molar-refractivity contribution in [3.05, 3.63) is 81.2 Å². The van der Waals surface area contributed by atoms with Crippen molar-refractivity contribution >= 4 is 52.0 Å². The molecule has 0 saturated carbocycles. The molecule has 6 heteroatoms. The number of nitrogens with one attached hydrogen (secondary N) is 1. The monoisotopic (exact) mass is 571 g/mol. The van der Waals surface area contributed by atoms with Gasteiger partial charge in [-0.3, -0.25) is 9.98 Å². The van der Waals surface area contributed by atoms with Crippen LogP contribution in [0.2, 0.25) is 0 Å². The van der Waals surface area contributed by atoms with Crippen molar-refractivity contribution < 1.29 is 11.3 Å². The standard InChI is InChI=1S/C24H27N3.2BrH.Fe/c1-15-9-17(3)23(18(4)10-15)25-13-21-7-8-22(27-21)14-26-24-19(5)11-16(2)12-20(24)6;;;/h7-14,27H,1-6H3;2*1H;/q;;;+2/p-2. The molecule has 0 fully saturated rings. The molecule has 0 bridgehead atoms. The number of hydrogen-bond donors (Lipinski definition) is 1. The number of nitrogens with zero attached hydrogens (tertiary/aromatic N) is 2. The molecule has 0 saturated heterocycles. The molecule has 3 nitrogen and oxygen atoms in total. The van der Waals surface area contributed by atoms with Crippen molar-refractivity contribution in [3.8, 4) is 0 Å². The van der Waals surface area contributed by atoms with Gasteiger partial charge in [-0.15, -0.1) is 0 Å². The maximum atomic E-state index is 4.69. The quantitative estimate of drug-likeness (QED) is 0.243. The zero-order chi connectivity index (χ0) is 22.3. The number of aliphatic imine (C=N–C) groups is 2. The van der Waals surface area contributed by atoms with Crippen LogP contribution >= 0.6 is 28.2 Å². The molecular formula is C24H27Br2FeN3. The van der Waals surface area contributed by atoms with Gasteiger partial charge in [0.15, 0.2) is 0 Å². The number of aromatic nitrogens is 1. The molecule has 3 aromatic rings. The van der Waals surface area contributed by atoms with E-state index in [2.05, 4.69) is 109 Å².